The lowest BCUT2D eigenvalue weighted by molar-refractivity contribution is -0.170. The lowest BCUT2D eigenvalue weighted by Crippen LogP contribution is -2.73. The predicted molar refractivity (Wildman–Crippen MR) is 133 cm³/mol. The van der Waals surface area contributed by atoms with Crippen molar-refractivity contribution in [3.63, 3.8) is 0 Å². The van der Waals surface area contributed by atoms with Gasteiger partial charge in [-0.25, -0.2) is 4.79 Å². The van der Waals surface area contributed by atoms with Gasteiger partial charge >= 0.3 is 18.0 Å². The number of hydrazine groups is 1. The topological polar surface area (TPSA) is 132 Å². The fraction of sp³-hybridized carbons (Fsp3) is 0.577. The zero-order chi connectivity index (χ0) is 27.6. The molecule has 1 aliphatic rings. The van der Waals surface area contributed by atoms with Crippen molar-refractivity contribution < 1.29 is 38.2 Å². The van der Waals surface area contributed by atoms with Gasteiger partial charge in [0.15, 0.2) is 11.3 Å². The molecule has 1 N–H and O–H groups in total. The Hall–Kier alpha value is -3.47. The third-order valence-electron chi connectivity index (χ3n) is 5.85. The molecule has 1 aliphatic heterocycles. The maximum atomic E-state index is 13.7. The van der Waals surface area contributed by atoms with Crippen LogP contribution in [0.1, 0.15) is 58.9 Å². The Morgan fingerprint density at radius 3 is 2.30 bits per heavy atom. The fourth-order valence-electron chi connectivity index (χ4n) is 4.10. The van der Waals surface area contributed by atoms with E-state index in [0.717, 1.165) is 5.56 Å². The SMILES string of the molecule is COC(=O)CCCC[C@]1(C(C)=O)C(=O)N(CC(=O)OC(C)(C)C)CCN1NC(=O)OCc1ccccc1. The van der Waals surface area contributed by atoms with Crippen LogP contribution in [0, 0.1) is 0 Å². The summed E-state index contributed by atoms with van der Waals surface area (Å²) in [7, 11) is 1.28. The van der Waals surface area contributed by atoms with Crippen LogP contribution in [0.25, 0.3) is 0 Å². The molecule has 11 heteroatoms. The minimum atomic E-state index is -1.78. The average molecular weight is 520 g/mol. The Kier molecular flexibility index (Phi) is 10.6. The second-order valence-corrected chi connectivity index (χ2v) is 9.84. The number of esters is 2. The summed E-state index contributed by atoms with van der Waals surface area (Å²) in [6, 6.07) is 9.07. The molecule has 11 nitrogen and oxygen atoms in total. The Morgan fingerprint density at radius 2 is 1.70 bits per heavy atom. The molecule has 0 spiro atoms. The quantitative estimate of drug-likeness (QED) is 0.203. The Bertz CT molecular complexity index is 976. The maximum Gasteiger partial charge on any atom is 0.422 e. The Labute approximate surface area is 217 Å². The molecule has 0 aliphatic carbocycles. The summed E-state index contributed by atoms with van der Waals surface area (Å²) in [6.45, 7) is 6.24. The first-order valence-electron chi connectivity index (χ1n) is 12.2. The summed E-state index contributed by atoms with van der Waals surface area (Å²) in [4.78, 5) is 64.6. The van der Waals surface area contributed by atoms with E-state index < -0.39 is 40.9 Å². The third-order valence-corrected chi connectivity index (χ3v) is 5.85. The number of hydrogen-bond donors (Lipinski definition) is 1. The molecule has 0 aromatic heterocycles. The molecule has 2 amide bonds. The van der Waals surface area contributed by atoms with Crippen molar-refractivity contribution in [2.75, 3.05) is 26.7 Å². The molecule has 0 bridgehead atoms. The smallest absolute Gasteiger partial charge is 0.422 e. The van der Waals surface area contributed by atoms with Crippen LogP contribution in [0.15, 0.2) is 30.3 Å². The summed E-state index contributed by atoms with van der Waals surface area (Å²) in [5, 5.41) is 1.29. The third kappa shape index (κ3) is 8.56. The number of piperazine rings is 1. The molecule has 1 saturated heterocycles. The van der Waals surface area contributed by atoms with E-state index in [0.29, 0.717) is 12.8 Å². The fourth-order valence-corrected chi connectivity index (χ4v) is 4.10. The Morgan fingerprint density at radius 1 is 1.03 bits per heavy atom. The number of amides is 2. The van der Waals surface area contributed by atoms with E-state index in [1.165, 1.54) is 23.9 Å². The number of nitrogens with zero attached hydrogens (tertiary/aromatic N) is 2. The number of ketones is 1. The first kappa shape index (κ1) is 29.8. The molecular formula is C26H37N3O8. The first-order valence-corrected chi connectivity index (χ1v) is 12.2. The molecule has 1 aromatic carbocycles. The number of nitrogens with one attached hydrogen (secondary N) is 1. The van der Waals surface area contributed by atoms with Crippen molar-refractivity contribution in [1.82, 2.24) is 15.3 Å². The highest BCUT2D eigenvalue weighted by Gasteiger charge is 2.54. The summed E-state index contributed by atoms with van der Waals surface area (Å²) in [5.74, 6) is -2.14. The lowest BCUT2D eigenvalue weighted by atomic mass is 9.84. The Balaban J connectivity index is 2.21. The van der Waals surface area contributed by atoms with Crippen LogP contribution in [-0.2, 0) is 40.0 Å². The number of benzene rings is 1. The molecule has 0 radical (unpaired) electrons. The summed E-state index contributed by atoms with van der Waals surface area (Å²) in [5.41, 5.74) is 0.821. The number of unbranched alkanes of at least 4 members (excludes halogenated alkanes) is 1. The van der Waals surface area contributed by atoms with Crippen molar-refractivity contribution in [1.29, 1.82) is 0 Å². The molecule has 1 fully saturated rings. The van der Waals surface area contributed by atoms with Gasteiger partial charge in [-0.15, -0.1) is 0 Å². The normalized spacial score (nSPS) is 18.2. The zero-order valence-electron chi connectivity index (χ0n) is 22.2. The maximum absolute atomic E-state index is 13.7. The standard InChI is InChI=1S/C26H37N3O8/c1-19(30)26(14-10-9-13-21(31)35-5)23(33)28(17-22(32)37-25(2,3)4)15-16-29(26)27-24(34)36-18-20-11-7-6-8-12-20/h6-8,11-12H,9-10,13-18H2,1-5H3,(H,27,34)/t26-/m0/s1. The van der Waals surface area contributed by atoms with Crippen LogP contribution in [0.4, 0.5) is 4.79 Å². The van der Waals surface area contributed by atoms with Crippen molar-refractivity contribution in [2.45, 2.75) is 71.1 Å². The van der Waals surface area contributed by atoms with Gasteiger partial charge in [-0.05, 0) is 52.5 Å². The molecule has 1 atom stereocenters. The van der Waals surface area contributed by atoms with Gasteiger partial charge < -0.3 is 19.1 Å². The zero-order valence-corrected chi connectivity index (χ0v) is 22.2. The lowest BCUT2D eigenvalue weighted by Gasteiger charge is -2.47. The second kappa shape index (κ2) is 13.2. The van der Waals surface area contributed by atoms with E-state index in [1.807, 2.05) is 18.2 Å². The number of rotatable bonds is 11. The van der Waals surface area contributed by atoms with Crippen LogP contribution < -0.4 is 5.43 Å². The monoisotopic (exact) mass is 519 g/mol. The molecule has 1 aromatic rings. The minimum Gasteiger partial charge on any atom is -0.469 e. The molecule has 204 valence electrons. The highest BCUT2D eigenvalue weighted by atomic mass is 16.6. The average Bonchev–Trinajstić information content (AvgIpc) is 2.83. The van der Waals surface area contributed by atoms with Gasteiger partial charge in [0.2, 0.25) is 0 Å². The summed E-state index contributed by atoms with van der Waals surface area (Å²) >= 11 is 0. The van der Waals surface area contributed by atoms with E-state index in [4.69, 9.17) is 9.47 Å². The highest BCUT2D eigenvalue weighted by molar-refractivity contribution is 6.10. The van der Waals surface area contributed by atoms with Crippen LogP contribution >= 0.6 is 0 Å². The van der Waals surface area contributed by atoms with Crippen molar-refractivity contribution in [3.8, 4) is 0 Å². The van der Waals surface area contributed by atoms with Gasteiger partial charge in [-0.1, -0.05) is 30.3 Å². The van der Waals surface area contributed by atoms with Crippen molar-refractivity contribution in [3.05, 3.63) is 35.9 Å². The molecule has 0 unspecified atom stereocenters. The van der Waals surface area contributed by atoms with Gasteiger partial charge in [0.05, 0.1) is 7.11 Å². The first-order chi connectivity index (χ1) is 17.4. The second-order valence-electron chi connectivity index (χ2n) is 9.84. The number of hydrogen-bond acceptors (Lipinski definition) is 9. The molecular weight excluding hydrogens is 482 g/mol. The summed E-state index contributed by atoms with van der Waals surface area (Å²) < 4.78 is 15.3. The van der Waals surface area contributed by atoms with Crippen LogP contribution in [0.5, 0.6) is 0 Å². The highest BCUT2D eigenvalue weighted by Crippen LogP contribution is 2.29. The van der Waals surface area contributed by atoms with Crippen LogP contribution in [0.2, 0.25) is 0 Å². The number of methoxy groups -OCH3 is 1. The number of carbonyl (C=O) groups is 5. The van der Waals surface area contributed by atoms with Crippen LogP contribution in [-0.4, -0.2) is 77.5 Å². The van der Waals surface area contributed by atoms with Gasteiger partial charge in [-0.3, -0.25) is 24.6 Å². The van der Waals surface area contributed by atoms with Gasteiger partial charge in [-0.2, -0.15) is 5.01 Å². The number of Topliss-reactive ketones (excluding diaryl/α,β-unsaturated/α-hetero) is 1. The number of ether oxygens (including phenoxy) is 3. The number of carbonyl (C=O) groups excluding carboxylic acids is 5. The molecule has 37 heavy (non-hydrogen) atoms. The summed E-state index contributed by atoms with van der Waals surface area (Å²) in [6.07, 6.45) is -0.00231. The van der Waals surface area contributed by atoms with E-state index in [9.17, 15) is 24.0 Å². The largest absolute Gasteiger partial charge is 0.469 e. The van der Waals surface area contributed by atoms with E-state index in [1.54, 1.807) is 32.9 Å². The van der Waals surface area contributed by atoms with Crippen LogP contribution in [0.3, 0.4) is 0 Å². The van der Waals surface area contributed by atoms with E-state index >= 15 is 0 Å². The van der Waals surface area contributed by atoms with Gasteiger partial charge in [0, 0.05) is 19.5 Å². The van der Waals surface area contributed by atoms with Gasteiger partial charge in [0.25, 0.3) is 5.91 Å². The minimum absolute atomic E-state index is 0.00539. The van der Waals surface area contributed by atoms with Crippen molar-refractivity contribution >= 4 is 29.7 Å². The van der Waals surface area contributed by atoms with E-state index in [2.05, 4.69) is 10.2 Å². The molecule has 0 saturated carbocycles. The predicted octanol–water partition coefficient (Wildman–Crippen LogP) is 2.37. The van der Waals surface area contributed by atoms with E-state index in [-0.39, 0.29) is 39.1 Å². The molecule has 2 rings (SSSR count). The molecule has 1 heterocycles. The van der Waals surface area contributed by atoms with Gasteiger partial charge in [0.1, 0.15) is 18.8 Å². The van der Waals surface area contributed by atoms with Crippen molar-refractivity contribution in [2.24, 2.45) is 0 Å².